The van der Waals surface area contributed by atoms with Gasteiger partial charge in [-0.3, -0.25) is 0 Å². The van der Waals surface area contributed by atoms with Gasteiger partial charge in [0.1, 0.15) is 5.69 Å². The molecule has 0 amide bonds. The van der Waals surface area contributed by atoms with Crippen molar-refractivity contribution in [3.05, 3.63) is 28.7 Å². The molecule has 1 aliphatic rings. The Morgan fingerprint density at radius 2 is 1.94 bits per heavy atom. The lowest BCUT2D eigenvalue weighted by atomic mass is 10.1. The molecular formula is C11H11BrN4. The molecule has 5 heteroatoms. The van der Waals surface area contributed by atoms with Crippen LogP contribution in [0.3, 0.4) is 0 Å². The first kappa shape index (κ1) is 9.84. The molecule has 1 aliphatic carbocycles. The number of benzene rings is 1. The van der Waals surface area contributed by atoms with Crippen LogP contribution in [0, 0.1) is 0 Å². The third-order valence-electron chi connectivity index (χ3n) is 2.74. The summed E-state index contributed by atoms with van der Waals surface area (Å²) in [6.45, 7) is 0. The molecule has 16 heavy (non-hydrogen) atoms. The summed E-state index contributed by atoms with van der Waals surface area (Å²) in [5.41, 5.74) is 7.82. The molecule has 3 rings (SSSR count). The van der Waals surface area contributed by atoms with Crippen LogP contribution in [0.1, 0.15) is 18.9 Å². The molecule has 2 N–H and O–H groups in total. The highest BCUT2D eigenvalue weighted by molar-refractivity contribution is 9.10. The van der Waals surface area contributed by atoms with E-state index in [1.54, 1.807) is 0 Å². The van der Waals surface area contributed by atoms with E-state index >= 15 is 0 Å². The maximum Gasteiger partial charge on any atom is 0.150 e. The van der Waals surface area contributed by atoms with Gasteiger partial charge in [0.25, 0.3) is 0 Å². The van der Waals surface area contributed by atoms with Gasteiger partial charge in [-0.25, -0.2) is 4.68 Å². The number of aromatic nitrogens is 3. The molecule has 1 aromatic carbocycles. The normalized spacial score (nSPS) is 15.3. The second-order valence-corrected chi connectivity index (χ2v) is 4.92. The lowest BCUT2D eigenvalue weighted by Crippen LogP contribution is -2.02. The molecule has 0 spiro atoms. The van der Waals surface area contributed by atoms with E-state index in [2.05, 4.69) is 26.2 Å². The first-order chi connectivity index (χ1) is 7.75. The van der Waals surface area contributed by atoms with E-state index in [9.17, 15) is 0 Å². The zero-order valence-corrected chi connectivity index (χ0v) is 10.2. The molecule has 82 valence electrons. The lowest BCUT2D eigenvalue weighted by Gasteiger charge is -2.01. The standard InChI is InChI=1S/C11H11BrN4/c12-8-3-1-7(2-4-8)10-11(13)16(15-14-10)9-5-6-9/h1-4,9H,5-6,13H2. The summed E-state index contributed by atoms with van der Waals surface area (Å²) in [6, 6.07) is 8.40. The van der Waals surface area contributed by atoms with Crippen molar-refractivity contribution in [2.24, 2.45) is 0 Å². The summed E-state index contributed by atoms with van der Waals surface area (Å²) in [7, 11) is 0. The summed E-state index contributed by atoms with van der Waals surface area (Å²) >= 11 is 3.40. The Kier molecular flexibility index (Phi) is 2.21. The maximum absolute atomic E-state index is 6.04. The molecule has 0 bridgehead atoms. The second kappa shape index (κ2) is 3.59. The quantitative estimate of drug-likeness (QED) is 0.919. The van der Waals surface area contributed by atoms with Gasteiger partial charge in [-0.1, -0.05) is 33.3 Å². The average Bonchev–Trinajstić information content (AvgIpc) is 3.05. The summed E-state index contributed by atoms with van der Waals surface area (Å²) < 4.78 is 2.88. The van der Waals surface area contributed by atoms with Crippen LogP contribution in [0.4, 0.5) is 5.82 Å². The third-order valence-corrected chi connectivity index (χ3v) is 3.27. The van der Waals surface area contributed by atoms with Crippen LogP contribution in [-0.4, -0.2) is 15.0 Å². The van der Waals surface area contributed by atoms with Gasteiger partial charge in [-0.15, -0.1) is 5.10 Å². The molecule has 0 saturated heterocycles. The van der Waals surface area contributed by atoms with Crippen LogP contribution >= 0.6 is 15.9 Å². The van der Waals surface area contributed by atoms with E-state index in [0.717, 1.165) is 28.6 Å². The van der Waals surface area contributed by atoms with E-state index in [1.165, 1.54) is 0 Å². The average molecular weight is 279 g/mol. The van der Waals surface area contributed by atoms with Crippen molar-refractivity contribution in [3.63, 3.8) is 0 Å². The topological polar surface area (TPSA) is 56.7 Å². The zero-order valence-electron chi connectivity index (χ0n) is 8.60. The first-order valence-corrected chi connectivity index (χ1v) is 6.01. The SMILES string of the molecule is Nc1c(-c2ccc(Br)cc2)nnn1C1CC1. The minimum absolute atomic E-state index is 0.469. The Bertz CT molecular complexity index is 513. The van der Waals surface area contributed by atoms with Gasteiger partial charge in [0, 0.05) is 10.0 Å². The monoisotopic (exact) mass is 278 g/mol. The second-order valence-electron chi connectivity index (χ2n) is 4.01. The fraction of sp³-hybridized carbons (Fsp3) is 0.273. The minimum atomic E-state index is 0.469. The van der Waals surface area contributed by atoms with Gasteiger partial charge in [0.05, 0.1) is 6.04 Å². The number of halogens is 1. The largest absolute Gasteiger partial charge is 0.382 e. The molecule has 2 aromatic rings. The Hall–Kier alpha value is -1.36. The zero-order chi connectivity index (χ0) is 11.1. The first-order valence-electron chi connectivity index (χ1n) is 5.22. The highest BCUT2D eigenvalue weighted by Gasteiger charge is 2.28. The molecule has 0 unspecified atom stereocenters. The van der Waals surface area contributed by atoms with Crippen LogP contribution in [0.25, 0.3) is 11.3 Å². The number of hydrogen-bond donors (Lipinski definition) is 1. The fourth-order valence-electron chi connectivity index (χ4n) is 1.70. The van der Waals surface area contributed by atoms with E-state index in [4.69, 9.17) is 5.73 Å². The molecule has 0 aliphatic heterocycles. The molecule has 1 fully saturated rings. The van der Waals surface area contributed by atoms with Gasteiger partial charge in [0.15, 0.2) is 5.82 Å². The van der Waals surface area contributed by atoms with E-state index in [-0.39, 0.29) is 0 Å². The maximum atomic E-state index is 6.04. The molecule has 1 heterocycles. The highest BCUT2D eigenvalue weighted by Crippen LogP contribution is 2.37. The molecule has 0 atom stereocenters. The highest BCUT2D eigenvalue weighted by atomic mass is 79.9. The van der Waals surface area contributed by atoms with Gasteiger partial charge in [-0.05, 0) is 25.0 Å². The smallest absolute Gasteiger partial charge is 0.150 e. The predicted octanol–water partition coefficient (Wildman–Crippen LogP) is 2.62. The van der Waals surface area contributed by atoms with E-state index < -0.39 is 0 Å². The Morgan fingerprint density at radius 3 is 2.56 bits per heavy atom. The molecular weight excluding hydrogens is 268 g/mol. The van der Waals surface area contributed by atoms with Crippen LogP contribution in [0.2, 0.25) is 0 Å². The van der Waals surface area contributed by atoms with Gasteiger partial charge >= 0.3 is 0 Å². The predicted molar refractivity (Wildman–Crippen MR) is 65.8 cm³/mol. The van der Waals surface area contributed by atoms with E-state index in [0.29, 0.717) is 11.9 Å². The van der Waals surface area contributed by atoms with Crippen LogP contribution in [0.5, 0.6) is 0 Å². The van der Waals surface area contributed by atoms with Crippen molar-refractivity contribution in [1.29, 1.82) is 0 Å². The third kappa shape index (κ3) is 1.61. The summed E-state index contributed by atoms with van der Waals surface area (Å²) in [6.07, 6.45) is 2.32. The van der Waals surface area contributed by atoms with Gasteiger partial charge < -0.3 is 5.73 Å². The van der Waals surface area contributed by atoms with Crippen molar-refractivity contribution in [3.8, 4) is 11.3 Å². The van der Waals surface area contributed by atoms with Crippen molar-refractivity contribution in [2.45, 2.75) is 18.9 Å². The van der Waals surface area contributed by atoms with Crippen molar-refractivity contribution in [2.75, 3.05) is 5.73 Å². The number of nitrogens with zero attached hydrogens (tertiary/aromatic N) is 3. The Morgan fingerprint density at radius 1 is 1.25 bits per heavy atom. The number of nitrogen functional groups attached to an aromatic ring is 1. The number of nitrogens with two attached hydrogens (primary N) is 1. The van der Waals surface area contributed by atoms with E-state index in [1.807, 2.05) is 28.9 Å². The van der Waals surface area contributed by atoms with Gasteiger partial charge in [0.2, 0.25) is 0 Å². The minimum Gasteiger partial charge on any atom is -0.382 e. The van der Waals surface area contributed by atoms with Crippen molar-refractivity contribution in [1.82, 2.24) is 15.0 Å². The molecule has 0 radical (unpaired) electrons. The van der Waals surface area contributed by atoms with Crippen LogP contribution < -0.4 is 5.73 Å². The fourth-order valence-corrected chi connectivity index (χ4v) is 1.97. The lowest BCUT2D eigenvalue weighted by molar-refractivity contribution is 0.619. The number of hydrogen-bond acceptors (Lipinski definition) is 3. The summed E-state index contributed by atoms with van der Waals surface area (Å²) in [5.74, 6) is 0.671. The molecule has 1 saturated carbocycles. The molecule has 1 aromatic heterocycles. The van der Waals surface area contributed by atoms with Crippen molar-refractivity contribution < 1.29 is 0 Å². The Balaban J connectivity index is 2.02. The molecule has 4 nitrogen and oxygen atoms in total. The summed E-state index contributed by atoms with van der Waals surface area (Å²) in [4.78, 5) is 0. The number of rotatable bonds is 2. The van der Waals surface area contributed by atoms with Crippen molar-refractivity contribution >= 4 is 21.7 Å². The van der Waals surface area contributed by atoms with Crippen LogP contribution in [0.15, 0.2) is 28.7 Å². The van der Waals surface area contributed by atoms with Gasteiger partial charge in [-0.2, -0.15) is 0 Å². The summed E-state index contributed by atoms with van der Waals surface area (Å²) in [5, 5.41) is 8.26. The number of anilines is 1. The van der Waals surface area contributed by atoms with Crippen LogP contribution in [-0.2, 0) is 0 Å². The Labute approximate surface area is 102 Å².